The second kappa shape index (κ2) is 20.8. The van der Waals surface area contributed by atoms with E-state index in [9.17, 15) is 18.1 Å². The predicted octanol–water partition coefficient (Wildman–Crippen LogP) is 2.94. The number of hydrogen-bond donors (Lipinski definition) is 1. The van der Waals surface area contributed by atoms with Crippen molar-refractivity contribution in [1.82, 2.24) is 0 Å². The molecule has 6 heteroatoms. The summed E-state index contributed by atoms with van der Waals surface area (Å²) >= 11 is 0. The third-order valence-electron chi connectivity index (χ3n) is 5.32. The largest absolute Gasteiger partial charge is 1.00 e. The van der Waals surface area contributed by atoms with Gasteiger partial charge < -0.3 is 9.66 Å². The standard InChI is InChI=1S/C21H44O4S.K/c1-3-5-6-7-8-9-10-11-12-15-18-21(26(23,24)25)19-16-13-14-17-20(22)4-2;/h20-22H,3-19H2,1-2H3,(H,23,24,25);/q;+1/p-1. The average molecular weight is 431 g/mol. The molecule has 0 amide bonds. The molecular formula is C21H43KO4S. The van der Waals surface area contributed by atoms with Gasteiger partial charge in [-0.05, 0) is 25.7 Å². The zero-order valence-electron chi connectivity index (χ0n) is 18.3. The molecule has 0 aliphatic rings. The molecule has 4 nitrogen and oxygen atoms in total. The van der Waals surface area contributed by atoms with Gasteiger partial charge in [0.15, 0.2) is 0 Å². The molecule has 0 aliphatic carbocycles. The van der Waals surface area contributed by atoms with Crippen LogP contribution in [0.15, 0.2) is 0 Å². The van der Waals surface area contributed by atoms with Crippen molar-refractivity contribution in [2.75, 3.05) is 0 Å². The molecule has 0 rings (SSSR count). The normalized spacial score (nSPS) is 13.9. The van der Waals surface area contributed by atoms with E-state index in [-0.39, 0.29) is 57.5 Å². The van der Waals surface area contributed by atoms with Crippen LogP contribution in [0, 0.1) is 0 Å². The molecule has 0 fully saturated rings. The maximum atomic E-state index is 11.4. The van der Waals surface area contributed by atoms with Crippen molar-refractivity contribution in [3.05, 3.63) is 0 Å². The van der Waals surface area contributed by atoms with Gasteiger partial charge in [-0.2, -0.15) is 0 Å². The summed E-state index contributed by atoms with van der Waals surface area (Å²) in [4.78, 5) is 0. The molecule has 158 valence electrons. The zero-order chi connectivity index (χ0) is 19.7. The summed E-state index contributed by atoms with van der Waals surface area (Å²) in [7, 11) is -4.18. The first-order valence-electron chi connectivity index (χ1n) is 11.0. The smallest absolute Gasteiger partial charge is 0.748 e. The molecule has 0 aromatic rings. The van der Waals surface area contributed by atoms with Gasteiger partial charge in [0.25, 0.3) is 0 Å². The van der Waals surface area contributed by atoms with Gasteiger partial charge in [0.05, 0.1) is 16.2 Å². The van der Waals surface area contributed by atoms with Gasteiger partial charge in [0.2, 0.25) is 0 Å². The molecular weight excluding hydrogens is 387 g/mol. The molecule has 0 aromatic heterocycles. The number of rotatable bonds is 19. The van der Waals surface area contributed by atoms with Crippen molar-refractivity contribution < 1.29 is 69.5 Å². The van der Waals surface area contributed by atoms with Crippen LogP contribution < -0.4 is 51.4 Å². The summed E-state index contributed by atoms with van der Waals surface area (Å²) < 4.78 is 34.3. The maximum Gasteiger partial charge on any atom is 1.00 e. The topological polar surface area (TPSA) is 77.4 Å². The van der Waals surface area contributed by atoms with Crippen LogP contribution >= 0.6 is 0 Å². The van der Waals surface area contributed by atoms with Gasteiger partial charge in [-0.1, -0.05) is 97.3 Å². The van der Waals surface area contributed by atoms with E-state index in [4.69, 9.17) is 0 Å². The minimum absolute atomic E-state index is 0. The number of unbranched alkanes of at least 4 members (excludes halogenated alkanes) is 11. The van der Waals surface area contributed by atoms with E-state index in [1.807, 2.05) is 6.92 Å². The quantitative estimate of drug-likeness (QED) is 0.194. The molecule has 0 spiro atoms. The van der Waals surface area contributed by atoms with Gasteiger partial charge in [-0.15, -0.1) is 0 Å². The number of aliphatic hydroxyl groups is 1. The van der Waals surface area contributed by atoms with Crippen LogP contribution in [0.3, 0.4) is 0 Å². The summed E-state index contributed by atoms with van der Waals surface area (Å²) in [5.41, 5.74) is 0. The first-order valence-corrected chi connectivity index (χ1v) is 12.5. The fourth-order valence-electron chi connectivity index (χ4n) is 3.43. The SMILES string of the molecule is CCCCCCCCCCCCC(CCCCCC(O)CC)S(=O)(=O)[O-].[K+]. The van der Waals surface area contributed by atoms with E-state index in [1.165, 1.54) is 44.9 Å². The van der Waals surface area contributed by atoms with Gasteiger partial charge in [-0.3, -0.25) is 0 Å². The van der Waals surface area contributed by atoms with Crippen LogP contribution in [0.4, 0.5) is 0 Å². The minimum atomic E-state index is -4.18. The molecule has 0 saturated carbocycles. The van der Waals surface area contributed by atoms with Crippen LogP contribution in [0.5, 0.6) is 0 Å². The summed E-state index contributed by atoms with van der Waals surface area (Å²) in [6, 6.07) is 0. The Bertz CT molecular complexity index is 401. The number of hydrogen-bond acceptors (Lipinski definition) is 4. The molecule has 0 aliphatic heterocycles. The van der Waals surface area contributed by atoms with Crippen molar-refractivity contribution in [3.63, 3.8) is 0 Å². The van der Waals surface area contributed by atoms with Crippen LogP contribution in [-0.4, -0.2) is 29.4 Å². The van der Waals surface area contributed by atoms with Crippen LogP contribution in [0.25, 0.3) is 0 Å². The molecule has 2 atom stereocenters. The Morgan fingerprint density at radius 2 is 1.07 bits per heavy atom. The summed E-state index contributed by atoms with van der Waals surface area (Å²) in [6.45, 7) is 4.18. The van der Waals surface area contributed by atoms with Crippen molar-refractivity contribution in [3.8, 4) is 0 Å². The first kappa shape index (κ1) is 30.7. The van der Waals surface area contributed by atoms with Crippen molar-refractivity contribution >= 4 is 10.1 Å². The Labute approximate surface area is 211 Å². The molecule has 2 unspecified atom stereocenters. The number of aliphatic hydroxyl groups excluding tert-OH is 1. The van der Waals surface area contributed by atoms with E-state index in [0.29, 0.717) is 12.8 Å². The van der Waals surface area contributed by atoms with Crippen molar-refractivity contribution in [2.24, 2.45) is 0 Å². The molecule has 27 heavy (non-hydrogen) atoms. The summed E-state index contributed by atoms with van der Waals surface area (Å²) in [5.74, 6) is 0. The molecule has 0 aromatic carbocycles. The zero-order valence-corrected chi connectivity index (χ0v) is 22.2. The van der Waals surface area contributed by atoms with Crippen LogP contribution in [0.2, 0.25) is 0 Å². The van der Waals surface area contributed by atoms with Gasteiger partial charge in [0, 0.05) is 5.25 Å². The Kier molecular flexibility index (Phi) is 23.6. The molecule has 0 bridgehead atoms. The third-order valence-corrected chi connectivity index (χ3v) is 6.61. The Hall–Kier alpha value is 1.51. The van der Waals surface area contributed by atoms with E-state index in [2.05, 4.69) is 6.92 Å². The first-order chi connectivity index (χ1) is 12.4. The fraction of sp³-hybridized carbons (Fsp3) is 1.00. The molecule has 0 heterocycles. The van der Waals surface area contributed by atoms with E-state index >= 15 is 0 Å². The molecule has 0 saturated heterocycles. The second-order valence-electron chi connectivity index (χ2n) is 7.79. The second-order valence-corrected chi connectivity index (χ2v) is 9.44. The van der Waals surface area contributed by atoms with Crippen LogP contribution in [0.1, 0.15) is 123 Å². The van der Waals surface area contributed by atoms with Gasteiger partial charge >= 0.3 is 51.4 Å². The summed E-state index contributed by atoms with van der Waals surface area (Å²) in [5, 5.41) is 8.79. The van der Waals surface area contributed by atoms with E-state index in [0.717, 1.165) is 51.4 Å². The molecule has 0 radical (unpaired) electrons. The fourth-order valence-corrected chi connectivity index (χ4v) is 4.34. The Morgan fingerprint density at radius 1 is 0.704 bits per heavy atom. The van der Waals surface area contributed by atoms with E-state index < -0.39 is 15.4 Å². The van der Waals surface area contributed by atoms with Crippen LogP contribution in [-0.2, 0) is 10.1 Å². The predicted molar refractivity (Wildman–Crippen MR) is 109 cm³/mol. The Balaban J connectivity index is 0. The minimum Gasteiger partial charge on any atom is -0.748 e. The van der Waals surface area contributed by atoms with E-state index in [1.54, 1.807) is 0 Å². The summed E-state index contributed by atoms with van der Waals surface area (Å²) in [6.07, 6.45) is 17.0. The third kappa shape index (κ3) is 20.6. The monoisotopic (exact) mass is 430 g/mol. The van der Waals surface area contributed by atoms with Gasteiger partial charge in [0.1, 0.15) is 0 Å². The van der Waals surface area contributed by atoms with Crippen molar-refractivity contribution in [1.29, 1.82) is 0 Å². The van der Waals surface area contributed by atoms with Gasteiger partial charge in [-0.25, -0.2) is 8.42 Å². The maximum absolute atomic E-state index is 11.4. The van der Waals surface area contributed by atoms with Crippen molar-refractivity contribution in [2.45, 2.75) is 134 Å². The molecule has 1 N–H and O–H groups in total. The Morgan fingerprint density at radius 3 is 1.48 bits per heavy atom. The average Bonchev–Trinajstić information content (AvgIpc) is 2.59.